The first-order chi connectivity index (χ1) is 13.1. The highest BCUT2D eigenvalue weighted by atomic mass is 19.3. The molecule has 0 unspecified atom stereocenters. The predicted molar refractivity (Wildman–Crippen MR) is 103 cm³/mol. The van der Waals surface area contributed by atoms with Gasteiger partial charge in [-0.1, -0.05) is 25.7 Å². The normalized spacial score (nSPS) is 21.4. The van der Waals surface area contributed by atoms with Gasteiger partial charge in [0.1, 0.15) is 5.82 Å². The lowest BCUT2D eigenvalue weighted by Gasteiger charge is -2.48. The molecular formula is C19H32F2N6. The van der Waals surface area contributed by atoms with E-state index in [9.17, 15) is 8.78 Å². The van der Waals surface area contributed by atoms with Crippen molar-refractivity contribution in [1.29, 1.82) is 0 Å². The number of hydrogen-bond donors (Lipinski definition) is 2. The van der Waals surface area contributed by atoms with Crippen molar-refractivity contribution in [2.24, 2.45) is 4.99 Å². The molecule has 2 heterocycles. The summed E-state index contributed by atoms with van der Waals surface area (Å²) in [7, 11) is 1.71. The number of halogens is 2. The molecule has 0 aromatic carbocycles. The number of piperidine rings is 1. The number of aromatic nitrogens is 2. The summed E-state index contributed by atoms with van der Waals surface area (Å²) in [6, 6.07) is 0. The quantitative estimate of drug-likeness (QED) is 0.586. The predicted octanol–water partition coefficient (Wildman–Crippen LogP) is 3.13. The number of hydrogen-bond acceptors (Lipinski definition) is 3. The summed E-state index contributed by atoms with van der Waals surface area (Å²) in [5.74, 6) is 0.942. The molecular weight excluding hydrogens is 350 g/mol. The van der Waals surface area contributed by atoms with E-state index in [0.717, 1.165) is 11.1 Å². The zero-order valence-corrected chi connectivity index (χ0v) is 16.3. The number of nitrogens with zero attached hydrogens (tertiary/aromatic N) is 4. The number of aliphatic imine (C=N–C) groups is 1. The van der Waals surface area contributed by atoms with Gasteiger partial charge in [0.25, 0.3) is 0 Å². The molecule has 6 nitrogen and oxygen atoms in total. The van der Waals surface area contributed by atoms with Crippen LogP contribution >= 0.6 is 0 Å². The number of alkyl halides is 2. The van der Waals surface area contributed by atoms with Crippen molar-refractivity contribution >= 4 is 5.96 Å². The molecule has 0 amide bonds. The lowest BCUT2D eigenvalue weighted by Crippen LogP contribution is -2.59. The fourth-order valence-corrected chi connectivity index (χ4v) is 4.47. The molecule has 1 saturated carbocycles. The molecule has 0 spiro atoms. The summed E-state index contributed by atoms with van der Waals surface area (Å²) in [6.07, 6.45) is 12.9. The van der Waals surface area contributed by atoms with Crippen molar-refractivity contribution in [2.75, 3.05) is 26.7 Å². The van der Waals surface area contributed by atoms with Crippen molar-refractivity contribution in [3.8, 4) is 0 Å². The third-order valence-electron chi connectivity index (χ3n) is 5.99. The van der Waals surface area contributed by atoms with Crippen LogP contribution in [-0.2, 0) is 6.54 Å². The number of nitrogens with one attached hydrogen (secondary N) is 2. The first kappa shape index (κ1) is 20.0. The fraction of sp³-hybridized carbons (Fsp3) is 0.789. The fourth-order valence-electron chi connectivity index (χ4n) is 4.47. The summed E-state index contributed by atoms with van der Waals surface area (Å²) in [5, 5.41) is 6.59. The Labute approximate surface area is 160 Å². The number of guanidine groups is 1. The topological polar surface area (TPSA) is 57.5 Å². The SMILES string of the molecule is CN=C(NCc1nccn1C(F)F)NCC1(N2CCCCC2)CCCCC1. The van der Waals surface area contributed by atoms with Gasteiger partial charge in [-0.2, -0.15) is 8.78 Å². The highest BCUT2D eigenvalue weighted by Gasteiger charge is 2.38. The van der Waals surface area contributed by atoms with Crippen LogP contribution in [0.25, 0.3) is 0 Å². The molecule has 27 heavy (non-hydrogen) atoms. The van der Waals surface area contributed by atoms with Crippen LogP contribution < -0.4 is 10.6 Å². The van der Waals surface area contributed by atoms with Crippen molar-refractivity contribution in [1.82, 2.24) is 25.1 Å². The van der Waals surface area contributed by atoms with E-state index in [2.05, 4.69) is 25.5 Å². The molecule has 1 aromatic rings. The molecule has 1 aromatic heterocycles. The summed E-state index contributed by atoms with van der Waals surface area (Å²) >= 11 is 0. The smallest absolute Gasteiger partial charge is 0.319 e. The van der Waals surface area contributed by atoms with Crippen LogP contribution in [0.4, 0.5) is 8.78 Å². The first-order valence-corrected chi connectivity index (χ1v) is 10.1. The lowest BCUT2D eigenvalue weighted by molar-refractivity contribution is 0.0368. The number of imidazole rings is 1. The van der Waals surface area contributed by atoms with E-state index in [1.807, 2.05) is 0 Å². The molecule has 152 valence electrons. The Kier molecular flexibility index (Phi) is 7.04. The van der Waals surface area contributed by atoms with Gasteiger partial charge in [-0.3, -0.25) is 14.5 Å². The zero-order valence-electron chi connectivity index (χ0n) is 16.3. The molecule has 3 rings (SSSR count). The molecule has 1 saturated heterocycles. The standard InChI is InChI=1S/C19H32F2N6/c1-22-18(24-14-16-23-10-13-27(16)17(20)21)25-15-19(8-4-2-5-9-19)26-11-6-3-7-12-26/h10,13,17H,2-9,11-12,14-15H2,1H3,(H2,22,24,25). The Morgan fingerprint density at radius 3 is 2.52 bits per heavy atom. The molecule has 8 heteroatoms. The maximum absolute atomic E-state index is 13.0. The minimum absolute atomic E-state index is 0.192. The van der Waals surface area contributed by atoms with Crippen LogP contribution in [0.3, 0.4) is 0 Å². The van der Waals surface area contributed by atoms with Crippen LogP contribution in [0.2, 0.25) is 0 Å². The van der Waals surface area contributed by atoms with E-state index < -0.39 is 6.55 Å². The van der Waals surface area contributed by atoms with Gasteiger partial charge in [0.05, 0.1) is 6.54 Å². The van der Waals surface area contributed by atoms with Gasteiger partial charge in [0.2, 0.25) is 0 Å². The maximum atomic E-state index is 13.0. The van der Waals surface area contributed by atoms with Crippen molar-refractivity contribution in [3.05, 3.63) is 18.2 Å². The van der Waals surface area contributed by atoms with E-state index in [4.69, 9.17) is 0 Å². The molecule has 1 aliphatic carbocycles. The minimum Gasteiger partial charge on any atom is -0.355 e. The maximum Gasteiger partial charge on any atom is 0.319 e. The second-order valence-corrected chi connectivity index (χ2v) is 7.64. The summed E-state index contributed by atoms with van der Waals surface area (Å²) < 4.78 is 26.8. The van der Waals surface area contributed by atoms with E-state index in [-0.39, 0.29) is 12.1 Å². The molecule has 1 aliphatic heterocycles. The highest BCUT2D eigenvalue weighted by Crippen LogP contribution is 2.35. The lowest BCUT2D eigenvalue weighted by atomic mass is 9.79. The van der Waals surface area contributed by atoms with Crippen molar-refractivity contribution < 1.29 is 8.78 Å². The molecule has 0 bridgehead atoms. The average Bonchev–Trinajstić information content (AvgIpc) is 3.18. The van der Waals surface area contributed by atoms with Crippen LogP contribution in [0.15, 0.2) is 17.4 Å². The molecule has 2 N–H and O–H groups in total. The molecule has 0 radical (unpaired) electrons. The Hall–Kier alpha value is -1.70. The van der Waals surface area contributed by atoms with Gasteiger partial charge in [-0.15, -0.1) is 0 Å². The van der Waals surface area contributed by atoms with Crippen LogP contribution in [0.1, 0.15) is 63.7 Å². The van der Waals surface area contributed by atoms with E-state index in [0.29, 0.717) is 11.8 Å². The Bertz CT molecular complexity index is 603. The van der Waals surface area contributed by atoms with Gasteiger partial charge >= 0.3 is 6.55 Å². The van der Waals surface area contributed by atoms with Gasteiger partial charge in [-0.05, 0) is 38.8 Å². The minimum atomic E-state index is -2.58. The number of rotatable bonds is 6. The summed E-state index contributed by atoms with van der Waals surface area (Å²) in [4.78, 5) is 11.0. The zero-order chi connectivity index (χ0) is 19.1. The van der Waals surface area contributed by atoms with Gasteiger partial charge < -0.3 is 10.6 Å². The number of likely N-dealkylation sites (tertiary alicyclic amines) is 1. The monoisotopic (exact) mass is 382 g/mol. The molecule has 2 aliphatic rings. The van der Waals surface area contributed by atoms with Gasteiger partial charge in [-0.25, -0.2) is 4.98 Å². The van der Waals surface area contributed by atoms with Crippen molar-refractivity contribution in [2.45, 2.75) is 70.0 Å². The molecule has 0 atom stereocenters. The third-order valence-corrected chi connectivity index (χ3v) is 5.99. The van der Waals surface area contributed by atoms with E-state index in [1.54, 1.807) is 7.05 Å². The second-order valence-electron chi connectivity index (χ2n) is 7.64. The van der Waals surface area contributed by atoms with Gasteiger partial charge in [0, 0.05) is 31.5 Å². The van der Waals surface area contributed by atoms with E-state index >= 15 is 0 Å². The van der Waals surface area contributed by atoms with Crippen molar-refractivity contribution in [3.63, 3.8) is 0 Å². The third kappa shape index (κ3) is 4.97. The average molecular weight is 383 g/mol. The molecule has 2 fully saturated rings. The van der Waals surface area contributed by atoms with Crippen LogP contribution in [-0.4, -0.2) is 52.6 Å². The Morgan fingerprint density at radius 2 is 1.85 bits per heavy atom. The summed E-state index contributed by atoms with van der Waals surface area (Å²) in [6.45, 7) is 0.840. The van der Waals surface area contributed by atoms with Crippen LogP contribution in [0, 0.1) is 0 Å². The Balaban J connectivity index is 1.58. The van der Waals surface area contributed by atoms with Crippen LogP contribution in [0.5, 0.6) is 0 Å². The first-order valence-electron chi connectivity index (χ1n) is 10.1. The summed E-state index contributed by atoms with van der Waals surface area (Å²) in [5.41, 5.74) is 0.192. The Morgan fingerprint density at radius 1 is 1.15 bits per heavy atom. The highest BCUT2D eigenvalue weighted by molar-refractivity contribution is 5.79. The van der Waals surface area contributed by atoms with E-state index in [1.165, 1.54) is 76.8 Å². The van der Waals surface area contributed by atoms with Gasteiger partial charge in [0.15, 0.2) is 5.96 Å². The second kappa shape index (κ2) is 9.48. The largest absolute Gasteiger partial charge is 0.355 e.